The van der Waals surface area contributed by atoms with Gasteiger partial charge in [0.2, 0.25) is 0 Å². The summed E-state index contributed by atoms with van der Waals surface area (Å²) in [4.78, 5) is 10.5. The summed E-state index contributed by atoms with van der Waals surface area (Å²) in [6.45, 7) is 1.27. The zero-order chi connectivity index (χ0) is 14.6. The van der Waals surface area contributed by atoms with Gasteiger partial charge >= 0.3 is 12.3 Å². The van der Waals surface area contributed by atoms with Gasteiger partial charge in [0.25, 0.3) is 0 Å². The number of ether oxygens (including phenoxy) is 1. The normalized spacial score (nSPS) is 12.2. The van der Waals surface area contributed by atoms with Crippen LogP contribution in [0.3, 0.4) is 0 Å². The fourth-order valence-electron chi connectivity index (χ4n) is 0.976. The molecule has 5 nitrogen and oxygen atoms in total. The summed E-state index contributed by atoms with van der Waals surface area (Å²) >= 11 is 3.02. The summed E-state index contributed by atoms with van der Waals surface area (Å²) < 4.78 is 39.9. The first-order valence-corrected chi connectivity index (χ1v) is 5.57. The first-order valence-electron chi connectivity index (χ1n) is 4.78. The molecule has 0 aromatic heterocycles. The third-order valence-electron chi connectivity index (χ3n) is 1.83. The van der Waals surface area contributed by atoms with Crippen LogP contribution < -0.4 is 10.2 Å². The molecule has 0 heterocycles. The fourth-order valence-corrected chi connectivity index (χ4v) is 1.42. The maximum absolute atomic E-state index is 12.0. The van der Waals surface area contributed by atoms with Crippen molar-refractivity contribution in [3.63, 3.8) is 0 Å². The van der Waals surface area contributed by atoms with Crippen LogP contribution in [-0.2, 0) is 4.79 Å². The van der Waals surface area contributed by atoms with E-state index in [2.05, 4.69) is 31.2 Å². The van der Waals surface area contributed by atoms with E-state index in [1.54, 1.807) is 0 Å². The molecule has 0 radical (unpaired) electrons. The number of hydrogen-bond acceptors (Lipinski definition) is 4. The molecule has 1 aromatic carbocycles. The molecule has 0 amide bonds. The second-order valence-electron chi connectivity index (χ2n) is 3.30. The largest absolute Gasteiger partial charge is 0.573 e. The number of nitrogens with zero attached hydrogens (tertiary/aromatic N) is 1. The number of rotatable bonds is 4. The van der Waals surface area contributed by atoms with Gasteiger partial charge in [0, 0.05) is 4.47 Å². The third kappa shape index (κ3) is 5.16. The Labute approximate surface area is 114 Å². The highest BCUT2D eigenvalue weighted by atomic mass is 79.9. The number of carboxylic acids is 1. The molecule has 0 spiro atoms. The van der Waals surface area contributed by atoms with E-state index in [0.717, 1.165) is 12.1 Å². The Hall–Kier alpha value is -1.77. The van der Waals surface area contributed by atoms with E-state index in [-0.39, 0.29) is 10.2 Å². The zero-order valence-corrected chi connectivity index (χ0v) is 11.0. The molecule has 0 saturated carbocycles. The van der Waals surface area contributed by atoms with Crippen LogP contribution in [-0.4, -0.2) is 23.1 Å². The van der Waals surface area contributed by atoms with Crippen molar-refractivity contribution >= 4 is 33.3 Å². The van der Waals surface area contributed by atoms with Crippen LogP contribution in [0.25, 0.3) is 0 Å². The number of aliphatic carboxylic acids is 1. The van der Waals surface area contributed by atoms with Crippen molar-refractivity contribution in [2.75, 3.05) is 5.43 Å². The molecule has 0 aliphatic carbocycles. The minimum absolute atomic E-state index is 0.192. The number of hydrazone groups is 1. The van der Waals surface area contributed by atoms with Gasteiger partial charge < -0.3 is 9.84 Å². The molecular weight excluding hydrogens is 333 g/mol. The van der Waals surface area contributed by atoms with E-state index in [1.165, 1.54) is 13.0 Å². The van der Waals surface area contributed by atoms with Gasteiger partial charge in [-0.15, -0.1) is 13.2 Å². The van der Waals surface area contributed by atoms with Crippen molar-refractivity contribution in [2.24, 2.45) is 5.10 Å². The standard InChI is InChI=1S/C10H8BrF3N2O3/c1-5(9(17)18)15-16-8-3-2-6(4-7(8)11)19-10(12,13)14/h2-4,16H,1H3,(H,17,18)/b15-5-. The second kappa shape index (κ2) is 5.91. The van der Waals surface area contributed by atoms with Gasteiger partial charge in [-0.05, 0) is 41.1 Å². The average Bonchev–Trinajstić information content (AvgIpc) is 2.25. The zero-order valence-electron chi connectivity index (χ0n) is 9.45. The van der Waals surface area contributed by atoms with E-state index in [9.17, 15) is 18.0 Å². The number of hydrogen-bond donors (Lipinski definition) is 2. The molecule has 19 heavy (non-hydrogen) atoms. The highest BCUT2D eigenvalue weighted by Gasteiger charge is 2.31. The van der Waals surface area contributed by atoms with Crippen molar-refractivity contribution in [2.45, 2.75) is 13.3 Å². The molecule has 9 heteroatoms. The lowest BCUT2D eigenvalue weighted by molar-refractivity contribution is -0.274. The van der Waals surface area contributed by atoms with Gasteiger partial charge in [-0.25, -0.2) is 4.79 Å². The summed E-state index contributed by atoms with van der Waals surface area (Å²) in [6, 6.07) is 3.43. The molecule has 1 rings (SSSR count). The van der Waals surface area contributed by atoms with Crippen molar-refractivity contribution < 1.29 is 27.8 Å². The molecule has 0 aliphatic rings. The first-order chi connectivity index (χ1) is 8.69. The summed E-state index contributed by atoms with van der Waals surface area (Å²) in [5.41, 5.74) is 2.52. The molecular formula is C10H8BrF3N2O3. The summed E-state index contributed by atoms with van der Waals surface area (Å²) in [5, 5.41) is 12.1. The topological polar surface area (TPSA) is 70.9 Å². The lowest BCUT2D eigenvalue weighted by atomic mass is 10.3. The summed E-state index contributed by atoms with van der Waals surface area (Å²) in [6.07, 6.45) is -4.77. The minimum Gasteiger partial charge on any atom is -0.477 e. The predicted octanol–water partition coefficient (Wildman–Crippen LogP) is 3.22. The Morgan fingerprint density at radius 3 is 2.58 bits per heavy atom. The van der Waals surface area contributed by atoms with Crippen LogP contribution in [0, 0.1) is 0 Å². The number of anilines is 1. The smallest absolute Gasteiger partial charge is 0.477 e. The Morgan fingerprint density at radius 1 is 1.47 bits per heavy atom. The van der Waals surface area contributed by atoms with Crippen LogP contribution in [0.15, 0.2) is 27.8 Å². The van der Waals surface area contributed by atoms with Gasteiger partial charge in [0.1, 0.15) is 11.5 Å². The van der Waals surface area contributed by atoms with Crippen molar-refractivity contribution in [3.05, 3.63) is 22.7 Å². The SMILES string of the molecule is C/C(=N/Nc1ccc(OC(F)(F)F)cc1Br)C(=O)O. The van der Waals surface area contributed by atoms with E-state index in [4.69, 9.17) is 5.11 Å². The Kier molecular flexibility index (Phi) is 4.76. The number of carbonyl (C=O) groups is 1. The molecule has 0 atom stereocenters. The maximum Gasteiger partial charge on any atom is 0.573 e. The van der Waals surface area contributed by atoms with Crippen LogP contribution in [0.4, 0.5) is 18.9 Å². The highest BCUT2D eigenvalue weighted by molar-refractivity contribution is 9.10. The lowest BCUT2D eigenvalue weighted by Crippen LogP contribution is -2.17. The molecule has 0 unspecified atom stereocenters. The van der Waals surface area contributed by atoms with Crippen LogP contribution >= 0.6 is 15.9 Å². The molecule has 0 aliphatic heterocycles. The predicted molar refractivity (Wildman–Crippen MR) is 65.2 cm³/mol. The minimum atomic E-state index is -4.77. The number of halogens is 4. The van der Waals surface area contributed by atoms with E-state index in [1.807, 2.05) is 0 Å². The average molecular weight is 341 g/mol. The molecule has 1 aromatic rings. The van der Waals surface area contributed by atoms with Gasteiger partial charge in [-0.3, -0.25) is 5.43 Å². The van der Waals surface area contributed by atoms with Gasteiger partial charge in [-0.2, -0.15) is 5.10 Å². The molecule has 2 N–H and O–H groups in total. The number of carboxylic acid groups (broad SMARTS) is 1. The van der Waals surface area contributed by atoms with Gasteiger partial charge in [-0.1, -0.05) is 0 Å². The van der Waals surface area contributed by atoms with E-state index in [0.29, 0.717) is 5.69 Å². The van der Waals surface area contributed by atoms with Crippen molar-refractivity contribution in [3.8, 4) is 5.75 Å². The van der Waals surface area contributed by atoms with E-state index < -0.39 is 18.1 Å². The molecule has 104 valence electrons. The van der Waals surface area contributed by atoms with Crippen LogP contribution in [0.2, 0.25) is 0 Å². The Balaban J connectivity index is 2.84. The second-order valence-corrected chi connectivity index (χ2v) is 4.16. The van der Waals surface area contributed by atoms with Crippen LogP contribution in [0.5, 0.6) is 5.75 Å². The number of benzene rings is 1. The van der Waals surface area contributed by atoms with E-state index >= 15 is 0 Å². The lowest BCUT2D eigenvalue weighted by Gasteiger charge is -2.10. The molecule has 0 fully saturated rings. The Bertz CT molecular complexity index is 517. The van der Waals surface area contributed by atoms with Crippen molar-refractivity contribution in [1.82, 2.24) is 0 Å². The van der Waals surface area contributed by atoms with Crippen LogP contribution in [0.1, 0.15) is 6.92 Å². The Morgan fingerprint density at radius 2 is 2.11 bits per heavy atom. The first kappa shape index (κ1) is 15.3. The number of nitrogens with one attached hydrogen (secondary N) is 1. The quantitative estimate of drug-likeness (QED) is 0.652. The molecule has 0 saturated heterocycles. The highest BCUT2D eigenvalue weighted by Crippen LogP contribution is 2.30. The van der Waals surface area contributed by atoms with Crippen molar-refractivity contribution in [1.29, 1.82) is 0 Å². The number of alkyl halides is 3. The monoisotopic (exact) mass is 340 g/mol. The maximum atomic E-state index is 12.0. The molecule has 0 bridgehead atoms. The summed E-state index contributed by atoms with van der Waals surface area (Å²) in [7, 11) is 0. The fraction of sp³-hybridized carbons (Fsp3) is 0.200. The summed E-state index contributed by atoms with van der Waals surface area (Å²) in [5.74, 6) is -1.61. The van der Waals surface area contributed by atoms with Gasteiger partial charge in [0.05, 0.1) is 5.69 Å². The third-order valence-corrected chi connectivity index (χ3v) is 2.48. The van der Waals surface area contributed by atoms with Gasteiger partial charge in [0.15, 0.2) is 0 Å².